The minimum Gasteiger partial charge on any atom is -0.253 e. The summed E-state index contributed by atoms with van der Waals surface area (Å²) in [6.45, 7) is 0. The molecule has 1 heterocycles. The average Bonchev–Trinajstić information content (AvgIpc) is 2.23. The van der Waals surface area contributed by atoms with E-state index in [9.17, 15) is 4.39 Å². The average molecular weight is 399 g/mol. The van der Waals surface area contributed by atoms with Crippen LogP contribution in [0.5, 0.6) is 0 Å². The molecule has 0 atom stereocenters. The van der Waals surface area contributed by atoms with Gasteiger partial charge in [-0.2, -0.15) is 0 Å². The van der Waals surface area contributed by atoms with E-state index in [1.54, 1.807) is 6.20 Å². The third-order valence-corrected chi connectivity index (χ3v) is 3.65. The molecule has 78 valence electrons. The first kappa shape index (κ1) is 11.4. The van der Waals surface area contributed by atoms with Crippen molar-refractivity contribution in [2.45, 2.75) is 3.74 Å². The highest BCUT2D eigenvalue weighted by atomic mass is 79.9. The summed E-state index contributed by atoms with van der Waals surface area (Å²) in [6, 6.07) is 1.43. The molecule has 0 fully saturated rings. The highest BCUT2D eigenvalue weighted by Gasteiger charge is 2.15. The van der Waals surface area contributed by atoms with Crippen LogP contribution in [0.25, 0.3) is 11.0 Å². The summed E-state index contributed by atoms with van der Waals surface area (Å²) in [5, 5.41) is 0. The second-order valence-electron chi connectivity index (χ2n) is 2.82. The summed E-state index contributed by atoms with van der Waals surface area (Å²) >= 11 is 9.81. The molecule has 2 nitrogen and oxygen atoms in total. The van der Waals surface area contributed by atoms with E-state index < -0.39 is 0 Å². The van der Waals surface area contributed by atoms with Crippen LogP contribution in [-0.2, 0) is 0 Å². The first-order valence-electron chi connectivity index (χ1n) is 3.98. The molecule has 6 heteroatoms. The standard InChI is InChI=1S/C9H4Br3FN2/c10-6-5(13)3-4(9(11)12)7-8(6)15-2-1-14-7/h1-3,9H. The van der Waals surface area contributed by atoms with E-state index in [4.69, 9.17) is 0 Å². The fourth-order valence-corrected chi connectivity index (χ4v) is 2.36. The summed E-state index contributed by atoms with van der Waals surface area (Å²) in [7, 11) is 0. The van der Waals surface area contributed by atoms with Crippen LogP contribution in [0, 0.1) is 5.82 Å². The van der Waals surface area contributed by atoms with Crippen molar-refractivity contribution in [3.63, 3.8) is 0 Å². The van der Waals surface area contributed by atoms with Crippen LogP contribution < -0.4 is 0 Å². The summed E-state index contributed by atoms with van der Waals surface area (Å²) in [4.78, 5) is 8.28. The van der Waals surface area contributed by atoms with Crippen molar-refractivity contribution < 1.29 is 4.39 Å². The number of aromatic nitrogens is 2. The topological polar surface area (TPSA) is 25.8 Å². The molecule has 0 spiro atoms. The predicted octanol–water partition coefficient (Wildman–Crippen LogP) is 4.32. The van der Waals surface area contributed by atoms with Crippen molar-refractivity contribution in [1.29, 1.82) is 0 Å². The van der Waals surface area contributed by atoms with Crippen molar-refractivity contribution in [2.75, 3.05) is 0 Å². The van der Waals surface area contributed by atoms with Gasteiger partial charge in [-0.3, -0.25) is 9.97 Å². The lowest BCUT2D eigenvalue weighted by Gasteiger charge is -2.08. The molecule has 2 aromatic rings. The van der Waals surface area contributed by atoms with Crippen molar-refractivity contribution in [2.24, 2.45) is 0 Å². The quantitative estimate of drug-likeness (QED) is 0.668. The van der Waals surface area contributed by atoms with Gasteiger partial charge in [0.15, 0.2) is 0 Å². The van der Waals surface area contributed by atoms with Gasteiger partial charge in [-0.15, -0.1) is 0 Å². The third-order valence-electron chi connectivity index (χ3n) is 1.91. The molecule has 1 aromatic carbocycles. The van der Waals surface area contributed by atoms with Gasteiger partial charge < -0.3 is 0 Å². The summed E-state index contributed by atoms with van der Waals surface area (Å²) in [5.41, 5.74) is 1.92. The van der Waals surface area contributed by atoms with Crippen LogP contribution in [-0.4, -0.2) is 9.97 Å². The number of nitrogens with zero attached hydrogens (tertiary/aromatic N) is 2. The van der Waals surface area contributed by atoms with Gasteiger partial charge in [0.25, 0.3) is 0 Å². The Morgan fingerprint density at radius 1 is 1.13 bits per heavy atom. The Morgan fingerprint density at radius 2 is 1.73 bits per heavy atom. The number of hydrogen-bond acceptors (Lipinski definition) is 2. The molecule has 0 unspecified atom stereocenters. The number of halogens is 4. The van der Waals surface area contributed by atoms with Crippen LogP contribution in [0.15, 0.2) is 22.9 Å². The lowest BCUT2D eigenvalue weighted by Crippen LogP contribution is -1.93. The lowest BCUT2D eigenvalue weighted by atomic mass is 10.2. The second kappa shape index (κ2) is 4.43. The fraction of sp³-hybridized carbons (Fsp3) is 0.111. The molecule has 0 N–H and O–H groups in total. The first-order chi connectivity index (χ1) is 7.11. The highest BCUT2D eigenvalue weighted by molar-refractivity contribution is 9.24. The minimum atomic E-state index is -0.345. The van der Waals surface area contributed by atoms with Gasteiger partial charge in [-0.25, -0.2) is 4.39 Å². The van der Waals surface area contributed by atoms with Gasteiger partial charge in [0.1, 0.15) is 11.3 Å². The molecule has 0 radical (unpaired) electrons. The van der Waals surface area contributed by atoms with Gasteiger partial charge in [-0.05, 0) is 22.0 Å². The largest absolute Gasteiger partial charge is 0.253 e. The Labute approximate surface area is 111 Å². The van der Waals surface area contributed by atoms with E-state index >= 15 is 0 Å². The summed E-state index contributed by atoms with van der Waals surface area (Å²) in [5.74, 6) is -0.345. The number of fused-ring (bicyclic) bond motifs is 1. The molecule has 0 aliphatic rings. The zero-order valence-electron chi connectivity index (χ0n) is 7.22. The summed E-state index contributed by atoms with van der Waals surface area (Å²) in [6.07, 6.45) is 3.12. The predicted molar refractivity (Wildman–Crippen MR) is 67.8 cm³/mol. The van der Waals surface area contributed by atoms with E-state index in [0.29, 0.717) is 15.5 Å². The maximum Gasteiger partial charge on any atom is 0.140 e. The maximum absolute atomic E-state index is 13.5. The van der Waals surface area contributed by atoms with Crippen LogP contribution in [0.3, 0.4) is 0 Å². The van der Waals surface area contributed by atoms with Crippen molar-refractivity contribution in [3.8, 4) is 0 Å². The maximum atomic E-state index is 13.5. The van der Waals surface area contributed by atoms with Crippen LogP contribution >= 0.6 is 47.8 Å². The smallest absolute Gasteiger partial charge is 0.140 e. The molecule has 0 aliphatic heterocycles. The van der Waals surface area contributed by atoms with E-state index in [1.165, 1.54) is 12.3 Å². The molecule has 0 bridgehead atoms. The van der Waals surface area contributed by atoms with Crippen molar-refractivity contribution in [3.05, 3.63) is 34.3 Å². The molecular formula is C9H4Br3FN2. The molecule has 0 amide bonds. The molecule has 1 aromatic heterocycles. The first-order valence-corrected chi connectivity index (χ1v) is 6.60. The summed E-state index contributed by atoms with van der Waals surface area (Å²) < 4.78 is 13.7. The van der Waals surface area contributed by atoms with Crippen molar-refractivity contribution >= 4 is 58.8 Å². The molecular weight excluding hydrogens is 395 g/mol. The van der Waals surface area contributed by atoms with Gasteiger partial charge >= 0.3 is 0 Å². The lowest BCUT2D eigenvalue weighted by molar-refractivity contribution is 0.621. The van der Waals surface area contributed by atoms with Crippen LogP contribution in [0.1, 0.15) is 9.30 Å². The van der Waals surface area contributed by atoms with Gasteiger partial charge in [0, 0.05) is 18.0 Å². The Hall–Kier alpha value is -0.0700. The Kier molecular flexibility index (Phi) is 3.37. The van der Waals surface area contributed by atoms with E-state index in [0.717, 1.165) is 5.56 Å². The number of alkyl halides is 2. The molecule has 15 heavy (non-hydrogen) atoms. The Balaban J connectivity index is 2.88. The third kappa shape index (κ3) is 2.07. The van der Waals surface area contributed by atoms with E-state index in [-0.39, 0.29) is 9.55 Å². The number of rotatable bonds is 1. The molecule has 0 aliphatic carbocycles. The minimum absolute atomic E-state index is 0.146. The van der Waals surface area contributed by atoms with Crippen LogP contribution in [0.2, 0.25) is 0 Å². The monoisotopic (exact) mass is 396 g/mol. The normalized spacial score (nSPS) is 11.3. The molecule has 0 saturated carbocycles. The molecule has 2 rings (SSSR count). The zero-order chi connectivity index (χ0) is 11.0. The van der Waals surface area contributed by atoms with Gasteiger partial charge in [0.2, 0.25) is 0 Å². The SMILES string of the molecule is Fc1cc(C(Br)Br)c2nccnc2c1Br. The van der Waals surface area contributed by atoms with Gasteiger partial charge in [0.05, 0.1) is 13.7 Å². The highest BCUT2D eigenvalue weighted by Crippen LogP contribution is 2.36. The van der Waals surface area contributed by atoms with Crippen molar-refractivity contribution in [1.82, 2.24) is 9.97 Å². The Bertz CT molecular complexity index is 516. The fourth-order valence-electron chi connectivity index (χ4n) is 1.26. The molecule has 0 saturated heterocycles. The van der Waals surface area contributed by atoms with E-state index in [2.05, 4.69) is 57.8 Å². The zero-order valence-corrected chi connectivity index (χ0v) is 12.0. The van der Waals surface area contributed by atoms with Gasteiger partial charge in [-0.1, -0.05) is 31.9 Å². The second-order valence-corrected chi connectivity index (χ2v) is 6.67. The number of benzene rings is 1. The Morgan fingerprint density at radius 3 is 2.33 bits per heavy atom. The number of hydrogen-bond donors (Lipinski definition) is 0. The van der Waals surface area contributed by atoms with E-state index in [1.807, 2.05) is 0 Å². The van der Waals surface area contributed by atoms with Crippen LogP contribution in [0.4, 0.5) is 4.39 Å².